The molecule has 0 atom stereocenters. The molecule has 0 saturated heterocycles. The number of nitrogens with one attached hydrogen (secondary N) is 1. The second-order valence-corrected chi connectivity index (χ2v) is 5.39. The van der Waals surface area contributed by atoms with Crippen LogP contribution in [0.25, 0.3) is 0 Å². The highest BCUT2D eigenvalue weighted by Gasteiger charge is 2.17. The molecule has 1 amide bonds. The van der Waals surface area contributed by atoms with Crippen LogP contribution in [0.1, 0.15) is 37.0 Å². The lowest BCUT2D eigenvalue weighted by molar-refractivity contribution is 0.0760. The molecule has 0 aromatic carbocycles. The molecule has 0 spiro atoms. The number of aromatic nitrogens is 1. The number of hydrogen-bond donors (Lipinski definition) is 1. The van der Waals surface area contributed by atoms with Crippen molar-refractivity contribution in [3.8, 4) is 0 Å². The standard InChI is InChI=1S/C16H28N4O/c1-5-9-18-15-13-17-10-8-14(15)16(21)20(6-2)12-7-11-19(3)4/h8,10,13,18H,5-7,9,11-12H2,1-4H3. The summed E-state index contributed by atoms with van der Waals surface area (Å²) in [6, 6.07) is 1.80. The largest absolute Gasteiger partial charge is 0.383 e. The molecule has 21 heavy (non-hydrogen) atoms. The van der Waals surface area contributed by atoms with Gasteiger partial charge in [-0.25, -0.2) is 0 Å². The Kier molecular flexibility index (Phi) is 7.75. The lowest BCUT2D eigenvalue weighted by atomic mass is 10.2. The minimum absolute atomic E-state index is 0.0808. The molecule has 1 rings (SSSR count). The molecule has 1 aromatic heterocycles. The average Bonchev–Trinajstić information content (AvgIpc) is 2.49. The summed E-state index contributed by atoms with van der Waals surface area (Å²) in [6.45, 7) is 7.46. The van der Waals surface area contributed by atoms with E-state index in [9.17, 15) is 4.79 Å². The molecule has 1 heterocycles. The van der Waals surface area contributed by atoms with Crippen LogP contribution in [0.15, 0.2) is 18.5 Å². The smallest absolute Gasteiger partial charge is 0.256 e. The molecular formula is C16H28N4O. The van der Waals surface area contributed by atoms with Crippen LogP contribution in [0.4, 0.5) is 5.69 Å². The number of hydrogen-bond acceptors (Lipinski definition) is 4. The number of amides is 1. The molecule has 0 fully saturated rings. The second kappa shape index (κ2) is 9.34. The Labute approximate surface area is 128 Å². The fourth-order valence-corrected chi connectivity index (χ4v) is 2.13. The Morgan fingerprint density at radius 1 is 1.29 bits per heavy atom. The van der Waals surface area contributed by atoms with Gasteiger partial charge in [0, 0.05) is 25.8 Å². The van der Waals surface area contributed by atoms with E-state index in [1.165, 1.54) is 0 Å². The summed E-state index contributed by atoms with van der Waals surface area (Å²) < 4.78 is 0. The molecule has 5 nitrogen and oxygen atoms in total. The van der Waals surface area contributed by atoms with E-state index in [0.717, 1.165) is 44.7 Å². The van der Waals surface area contributed by atoms with E-state index in [1.54, 1.807) is 18.5 Å². The molecule has 0 radical (unpaired) electrons. The topological polar surface area (TPSA) is 48.5 Å². The van der Waals surface area contributed by atoms with Crippen LogP contribution in [-0.2, 0) is 0 Å². The van der Waals surface area contributed by atoms with E-state index >= 15 is 0 Å². The van der Waals surface area contributed by atoms with Gasteiger partial charge < -0.3 is 15.1 Å². The van der Waals surface area contributed by atoms with Crippen molar-refractivity contribution in [1.82, 2.24) is 14.8 Å². The molecule has 0 saturated carbocycles. The van der Waals surface area contributed by atoms with Gasteiger partial charge in [-0.1, -0.05) is 6.92 Å². The molecule has 0 aliphatic carbocycles. The lowest BCUT2D eigenvalue weighted by Gasteiger charge is -2.23. The molecule has 1 aromatic rings. The fraction of sp³-hybridized carbons (Fsp3) is 0.625. The summed E-state index contributed by atoms with van der Waals surface area (Å²) >= 11 is 0. The predicted octanol–water partition coefficient (Wildman–Crippen LogP) is 2.32. The SMILES string of the molecule is CCCNc1cnccc1C(=O)N(CC)CCCN(C)C. The summed E-state index contributed by atoms with van der Waals surface area (Å²) in [5.41, 5.74) is 1.54. The van der Waals surface area contributed by atoms with Gasteiger partial charge in [-0.15, -0.1) is 0 Å². The van der Waals surface area contributed by atoms with Gasteiger partial charge in [0.25, 0.3) is 5.91 Å². The van der Waals surface area contributed by atoms with Crippen LogP contribution in [-0.4, -0.2) is 61.0 Å². The molecule has 1 N–H and O–H groups in total. The van der Waals surface area contributed by atoms with E-state index in [4.69, 9.17) is 0 Å². The van der Waals surface area contributed by atoms with E-state index in [-0.39, 0.29) is 5.91 Å². The number of pyridine rings is 1. The molecular weight excluding hydrogens is 264 g/mol. The van der Waals surface area contributed by atoms with Gasteiger partial charge >= 0.3 is 0 Å². The van der Waals surface area contributed by atoms with Crippen molar-refractivity contribution in [2.24, 2.45) is 0 Å². The van der Waals surface area contributed by atoms with Crippen molar-refractivity contribution in [1.29, 1.82) is 0 Å². The Hall–Kier alpha value is -1.62. The van der Waals surface area contributed by atoms with Crippen molar-refractivity contribution in [3.63, 3.8) is 0 Å². The quantitative estimate of drug-likeness (QED) is 0.759. The number of anilines is 1. The summed E-state index contributed by atoms with van der Waals surface area (Å²) in [6.07, 6.45) is 5.41. The molecule has 0 bridgehead atoms. The summed E-state index contributed by atoms with van der Waals surface area (Å²) in [5.74, 6) is 0.0808. The van der Waals surface area contributed by atoms with Gasteiger partial charge in [-0.05, 0) is 46.5 Å². The molecule has 5 heteroatoms. The van der Waals surface area contributed by atoms with Gasteiger partial charge in [0.2, 0.25) is 0 Å². The lowest BCUT2D eigenvalue weighted by Crippen LogP contribution is -2.33. The van der Waals surface area contributed by atoms with Gasteiger partial charge in [-0.3, -0.25) is 9.78 Å². The highest BCUT2D eigenvalue weighted by molar-refractivity contribution is 5.99. The second-order valence-electron chi connectivity index (χ2n) is 5.39. The van der Waals surface area contributed by atoms with Crippen molar-refractivity contribution < 1.29 is 4.79 Å². The number of carbonyl (C=O) groups excluding carboxylic acids is 1. The maximum absolute atomic E-state index is 12.7. The number of nitrogens with zero attached hydrogens (tertiary/aromatic N) is 3. The minimum Gasteiger partial charge on any atom is -0.383 e. The van der Waals surface area contributed by atoms with E-state index in [0.29, 0.717) is 5.56 Å². The van der Waals surface area contributed by atoms with Crippen molar-refractivity contribution >= 4 is 11.6 Å². The molecule has 0 unspecified atom stereocenters. The minimum atomic E-state index is 0.0808. The first-order valence-electron chi connectivity index (χ1n) is 7.72. The highest BCUT2D eigenvalue weighted by atomic mass is 16.2. The summed E-state index contributed by atoms with van der Waals surface area (Å²) in [7, 11) is 4.10. The van der Waals surface area contributed by atoms with Gasteiger partial charge in [0.15, 0.2) is 0 Å². The zero-order valence-corrected chi connectivity index (χ0v) is 13.7. The van der Waals surface area contributed by atoms with E-state index < -0.39 is 0 Å². The third kappa shape index (κ3) is 5.71. The van der Waals surface area contributed by atoms with Crippen molar-refractivity contribution in [3.05, 3.63) is 24.0 Å². The third-order valence-corrected chi connectivity index (χ3v) is 3.32. The van der Waals surface area contributed by atoms with Crippen LogP contribution < -0.4 is 5.32 Å². The van der Waals surface area contributed by atoms with E-state index in [2.05, 4.69) is 22.1 Å². The Balaban J connectivity index is 2.74. The van der Waals surface area contributed by atoms with E-state index in [1.807, 2.05) is 25.9 Å². The zero-order valence-electron chi connectivity index (χ0n) is 13.7. The highest BCUT2D eigenvalue weighted by Crippen LogP contribution is 2.16. The van der Waals surface area contributed by atoms with Crippen LogP contribution in [0.3, 0.4) is 0 Å². The van der Waals surface area contributed by atoms with Crippen LogP contribution >= 0.6 is 0 Å². The summed E-state index contributed by atoms with van der Waals surface area (Å²) in [4.78, 5) is 20.8. The first-order valence-corrected chi connectivity index (χ1v) is 7.72. The van der Waals surface area contributed by atoms with Crippen molar-refractivity contribution in [2.75, 3.05) is 45.6 Å². The Bertz CT molecular complexity index is 434. The Morgan fingerprint density at radius 2 is 2.05 bits per heavy atom. The monoisotopic (exact) mass is 292 g/mol. The van der Waals surface area contributed by atoms with Gasteiger partial charge in [0.1, 0.15) is 0 Å². The maximum Gasteiger partial charge on any atom is 0.256 e. The normalized spacial score (nSPS) is 10.7. The Morgan fingerprint density at radius 3 is 2.67 bits per heavy atom. The van der Waals surface area contributed by atoms with Crippen LogP contribution in [0.5, 0.6) is 0 Å². The summed E-state index contributed by atoms with van der Waals surface area (Å²) in [5, 5.41) is 3.28. The third-order valence-electron chi connectivity index (χ3n) is 3.32. The number of carbonyl (C=O) groups is 1. The average molecular weight is 292 g/mol. The van der Waals surface area contributed by atoms with Gasteiger partial charge in [-0.2, -0.15) is 0 Å². The number of rotatable bonds is 9. The fourth-order valence-electron chi connectivity index (χ4n) is 2.13. The van der Waals surface area contributed by atoms with Gasteiger partial charge in [0.05, 0.1) is 17.4 Å². The molecule has 118 valence electrons. The zero-order chi connectivity index (χ0) is 15.7. The predicted molar refractivity (Wildman–Crippen MR) is 87.8 cm³/mol. The van der Waals surface area contributed by atoms with Crippen molar-refractivity contribution in [2.45, 2.75) is 26.7 Å². The maximum atomic E-state index is 12.7. The first-order chi connectivity index (χ1) is 10.1. The van der Waals surface area contributed by atoms with Crippen LogP contribution in [0.2, 0.25) is 0 Å². The van der Waals surface area contributed by atoms with Crippen LogP contribution in [0, 0.1) is 0 Å². The molecule has 0 aliphatic rings. The molecule has 0 aliphatic heterocycles. The first kappa shape index (κ1) is 17.4.